The molecule has 3 aromatic rings. The van der Waals surface area contributed by atoms with Crippen LogP contribution in [0.25, 0.3) is 22.4 Å². The van der Waals surface area contributed by atoms with Gasteiger partial charge in [0.05, 0.1) is 17.3 Å². The highest BCUT2D eigenvalue weighted by Gasteiger charge is 2.20. The van der Waals surface area contributed by atoms with E-state index in [0.29, 0.717) is 23.1 Å². The van der Waals surface area contributed by atoms with Gasteiger partial charge in [0.1, 0.15) is 11.4 Å². The van der Waals surface area contributed by atoms with Gasteiger partial charge in [-0.15, -0.1) is 12.4 Å². The van der Waals surface area contributed by atoms with Crippen LogP contribution in [0.2, 0.25) is 5.02 Å². The molecule has 0 saturated heterocycles. The van der Waals surface area contributed by atoms with Crippen LogP contribution >= 0.6 is 24.0 Å². The van der Waals surface area contributed by atoms with Crippen molar-refractivity contribution in [2.45, 2.75) is 58.4 Å². The van der Waals surface area contributed by atoms with Crippen LogP contribution in [0.15, 0.2) is 48.5 Å². The lowest BCUT2D eigenvalue weighted by Crippen LogP contribution is -2.36. The molecule has 42 heavy (non-hydrogen) atoms. The molecule has 0 atom stereocenters. The maximum atomic E-state index is 13.2. The van der Waals surface area contributed by atoms with Gasteiger partial charge in [-0.3, -0.25) is 4.79 Å². The van der Waals surface area contributed by atoms with Crippen molar-refractivity contribution in [3.63, 3.8) is 0 Å². The summed E-state index contributed by atoms with van der Waals surface area (Å²) in [5.41, 5.74) is 6.46. The van der Waals surface area contributed by atoms with E-state index in [2.05, 4.69) is 42.3 Å². The van der Waals surface area contributed by atoms with Crippen molar-refractivity contribution in [3.05, 3.63) is 70.4 Å². The number of amides is 1. The number of pyridine rings is 1. The molecular formula is C32H41Cl2N3O5. The second-order valence-electron chi connectivity index (χ2n) is 10.7. The lowest BCUT2D eigenvalue weighted by atomic mass is 9.94. The average molecular weight is 619 g/mol. The van der Waals surface area contributed by atoms with Crippen LogP contribution in [-0.4, -0.2) is 65.4 Å². The number of hydrogen-bond acceptors (Lipinski definition) is 5. The number of hydrogen-bond donors (Lipinski definition) is 3. The van der Waals surface area contributed by atoms with Crippen LogP contribution in [0.5, 0.6) is 5.75 Å². The van der Waals surface area contributed by atoms with Gasteiger partial charge in [-0.2, -0.15) is 0 Å². The number of carboxylic acid groups (broad SMARTS) is 2. The summed E-state index contributed by atoms with van der Waals surface area (Å²) in [6.45, 7) is 5.70. The van der Waals surface area contributed by atoms with Gasteiger partial charge in [0.15, 0.2) is 0 Å². The number of benzene rings is 2. The fourth-order valence-electron chi connectivity index (χ4n) is 4.88. The smallest absolute Gasteiger partial charge is 0.492 e. The molecule has 8 nitrogen and oxygen atoms in total. The third-order valence-electron chi connectivity index (χ3n) is 6.96. The van der Waals surface area contributed by atoms with Crippen molar-refractivity contribution in [2.24, 2.45) is 0 Å². The molecule has 1 aromatic heterocycles. The van der Waals surface area contributed by atoms with Crippen LogP contribution < -0.4 is 10.1 Å². The zero-order valence-corrected chi connectivity index (χ0v) is 26.2. The van der Waals surface area contributed by atoms with Crippen molar-refractivity contribution >= 4 is 36.1 Å². The Morgan fingerprint density at radius 1 is 1.00 bits per heavy atom. The quantitative estimate of drug-likeness (QED) is 0.211. The minimum absolute atomic E-state index is 0. The SMILES string of the molecule is Cc1ccc(C)c(-c2ccc(C(=O)NC3CCCCC3)nc2-c2ccc(Cl)c(OCCCN(C)C)c2)c1.Cl.O=C(O)O. The lowest BCUT2D eigenvalue weighted by Gasteiger charge is -2.23. The Bertz CT molecular complexity index is 1340. The van der Waals surface area contributed by atoms with Crippen LogP contribution in [-0.2, 0) is 0 Å². The highest BCUT2D eigenvalue weighted by atomic mass is 35.5. The molecule has 0 bridgehead atoms. The topological polar surface area (TPSA) is 112 Å². The predicted octanol–water partition coefficient (Wildman–Crippen LogP) is 7.72. The number of aryl methyl sites for hydroxylation is 2. The van der Waals surface area contributed by atoms with Crippen LogP contribution in [0.4, 0.5) is 4.79 Å². The molecule has 1 aliphatic rings. The highest BCUT2D eigenvalue weighted by molar-refractivity contribution is 6.32. The Kier molecular flexibility index (Phi) is 14.1. The molecule has 4 rings (SSSR count). The van der Waals surface area contributed by atoms with E-state index in [1.54, 1.807) is 0 Å². The zero-order valence-electron chi connectivity index (χ0n) is 24.7. The van der Waals surface area contributed by atoms with Gasteiger partial charge in [0.2, 0.25) is 0 Å². The fraction of sp³-hybridized carbons (Fsp3) is 0.406. The number of carbonyl (C=O) groups is 2. The lowest BCUT2D eigenvalue weighted by molar-refractivity contribution is 0.0922. The van der Waals surface area contributed by atoms with Crippen molar-refractivity contribution in [1.29, 1.82) is 0 Å². The molecule has 1 saturated carbocycles. The number of carbonyl (C=O) groups excluding carboxylic acids is 1. The molecule has 2 aromatic carbocycles. The Hall–Kier alpha value is -3.33. The van der Waals surface area contributed by atoms with E-state index in [1.165, 1.54) is 12.0 Å². The molecule has 1 heterocycles. The third-order valence-corrected chi connectivity index (χ3v) is 7.28. The molecular weight excluding hydrogens is 577 g/mol. The summed E-state index contributed by atoms with van der Waals surface area (Å²) in [4.78, 5) is 28.8. The standard InChI is InChI=1S/C31H38ClN3O2.CH2O3.ClH/c1-21-11-12-22(2)26(19-21)25-14-16-28(31(36)33-24-9-6-5-7-10-24)34-30(25)23-13-15-27(32)29(20-23)37-18-8-17-35(3)4;2-1(3)4;/h11-16,19-20,24H,5-10,17-18H2,1-4H3,(H,33,36);(H2,2,3,4);1H. The van der Waals surface area contributed by atoms with E-state index in [1.807, 2.05) is 44.4 Å². The molecule has 1 fully saturated rings. The minimum atomic E-state index is -1.83. The first-order chi connectivity index (χ1) is 19.5. The second kappa shape index (κ2) is 16.9. The minimum Gasteiger partial charge on any atom is -0.492 e. The van der Waals surface area contributed by atoms with Crippen LogP contribution in [0.3, 0.4) is 0 Å². The van der Waals surface area contributed by atoms with Crippen molar-refractivity contribution < 1.29 is 24.5 Å². The number of aromatic nitrogens is 1. The van der Waals surface area contributed by atoms with E-state index in [-0.39, 0.29) is 24.4 Å². The Morgan fingerprint density at radius 2 is 1.69 bits per heavy atom. The molecule has 10 heteroatoms. The monoisotopic (exact) mass is 617 g/mol. The summed E-state index contributed by atoms with van der Waals surface area (Å²) in [6.07, 6.45) is 4.70. The first-order valence-electron chi connectivity index (χ1n) is 13.9. The summed E-state index contributed by atoms with van der Waals surface area (Å²) < 4.78 is 6.05. The van der Waals surface area contributed by atoms with E-state index < -0.39 is 6.16 Å². The maximum Gasteiger partial charge on any atom is 0.503 e. The molecule has 3 N–H and O–H groups in total. The number of nitrogens with one attached hydrogen (secondary N) is 1. The average Bonchev–Trinajstić information content (AvgIpc) is 2.93. The number of halogens is 2. The van der Waals surface area contributed by atoms with E-state index in [4.69, 9.17) is 36.3 Å². The number of nitrogens with zero attached hydrogens (tertiary/aromatic N) is 2. The van der Waals surface area contributed by atoms with Crippen molar-refractivity contribution in [2.75, 3.05) is 27.2 Å². The number of rotatable bonds is 9. The third kappa shape index (κ3) is 10.5. The van der Waals surface area contributed by atoms with Crippen LogP contribution in [0.1, 0.15) is 60.1 Å². The van der Waals surface area contributed by atoms with Gasteiger partial charge in [-0.1, -0.05) is 60.7 Å². The molecule has 0 aliphatic heterocycles. The van der Waals surface area contributed by atoms with Crippen molar-refractivity contribution in [3.8, 4) is 28.1 Å². The zero-order chi connectivity index (χ0) is 29.9. The highest BCUT2D eigenvalue weighted by Crippen LogP contribution is 2.37. The van der Waals surface area contributed by atoms with Gasteiger partial charge in [0, 0.05) is 23.7 Å². The van der Waals surface area contributed by atoms with Gasteiger partial charge >= 0.3 is 6.16 Å². The summed E-state index contributed by atoms with van der Waals surface area (Å²) in [7, 11) is 4.09. The van der Waals surface area contributed by atoms with Gasteiger partial charge < -0.3 is 25.2 Å². The summed E-state index contributed by atoms with van der Waals surface area (Å²) >= 11 is 6.50. The largest absolute Gasteiger partial charge is 0.503 e. The molecule has 1 aliphatic carbocycles. The molecule has 0 unspecified atom stereocenters. The Morgan fingerprint density at radius 3 is 2.36 bits per heavy atom. The Balaban J connectivity index is 0.00000116. The molecule has 0 radical (unpaired) electrons. The first kappa shape index (κ1) is 34.9. The fourth-order valence-corrected chi connectivity index (χ4v) is 5.05. The molecule has 0 spiro atoms. The van der Waals surface area contributed by atoms with E-state index in [0.717, 1.165) is 66.6 Å². The summed E-state index contributed by atoms with van der Waals surface area (Å²) in [5, 5.41) is 17.7. The van der Waals surface area contributed by atoms with Crippen molar-refractivity contribution in [1.82, 2.24) is 15.2 Å². The van der Waals surface area contributed by atoms with Gasteiger partial charge in [-0.05, 0) is 82.6 Å². The van der Waals surface area contributed by atoms with E-state index >= 15 is 0 Å². The van der Waals surface area contributed by atoms with Gasteiger partial charge in [0.25, 0.3) is 5.91 Å². The Labute approximate surface area is 259 Å². The molecule has 228 valence electrons. The number of ether oxygens (including phenoxy) is 1. The van der Waals surface area contributed by atoms with E-state index in [9.17, 15) is 4.79 Å². The second-order valence-corrected chi connectivity index (χ2v) is 11.1. The van der Waals surface area contributed by atoms with Crippen LogP contribution in [0, 0.1) is 13.8 Å². The predicted molar refractivity (Wildman–Crippen MR) is 170 cm³/mol. The van der Waals surface area contributed by atoms with Gasteiger partial charge in [-0.25, -0.2) is 9.78 Å². The molecule has 1 amide bonds. The first-order valence-corrected chi connectivity index (χ1v) is 14.3. The maximum absolute atomic E-state index is 13.2. The summed E-state index contributed by atoms with van der Waals surface area (Å²) in [6, 6.07) is 16.2. The summed E-state index contributed by atoms with van der Waals surface area (Å²) in [5.74, 6) is 0.512. The normalized spacial score (nSPS) is 13.0.